The molecule has 4 amide bonds. The molecule has 11 heteroatoms. The lowest BCUT2D eigenvalue weighted by Crippen LogP contribution is -2.52. The first-order chi connectivity index (χ1) is 18.7. The molecule has 0 bridgehead atoms. The van der Waals surface area contributed by atoms with E-state index in [1.54, 1.807) is 25.3 Å². The van der Waals surface area contributed by atoms with Crippen molar-refractivity contribution in [2.75, 3.05) is 48.2 Å². The first kappa shape index (κ1) is 26.4. The standard InChI is InChI=1S/C28H26ClN3O7/c1-30-10-9-16-14-22-24(39-15-38-22)25(36-4)23(16)20(30)6-5-11-37-21-8-7-18(29)12-17(21)13-19-26(33)31(2)28(35)32(3)27(19)34/h7-8,12-14,20H,9-11,15H2,1-4H3/t20-/m1/s1. The third-order valence-electron chi connectivity index (χ3n) is 6.85. The number of barbiturate groups is 1. The highest BCUT2D eigenvalue weighted by Crippen LogP contribution is 2.49. The summed E-state index contributed by atoms with van der Waals surface area (Å²) in [5.74, 6) is 7.21. The number of urea groups is 1. The Balaban J connectivity index is 1.40. The summed E-state index contributed by atoms with van der Waals surface area (Å²) >= 11 is 6.19. The van der Waals surface area contributed by atoms with E-state index in [2.05, 4.69) is 16.7 Å². The summed E-state index contributed by atoms with van der Waals surface area (Å²) in [6.07, 6.45) is 2.20. The van der Waals surface area contributed by atoms with Gasteiger partial charge in [-0.05, 0) is 49.4 Å². The highest BCUT2D eigenvalue weighted by atomic mass is 35.5. The number of ether oxygens (including phenoxy) is 4. The monoisotopic (exact) mass is 551 g/mol. The minimum Gasteiger partial charge on any atom is -0.492 e. The van der Waals surface area contributed by atoms with E-state index in [1.807, 2.05) is 13.1 Å². The van der Waals surface area contributed by atoms with Crippen LogP contribution in [0.3, 0.4) is 0 Å². The number of benzene rings is 2. The molecule has 10 nitrogen and oxygen atoms in total. The van der Waals surface area contributed by atoms with Gasteiger partial charge in [-0.1, -0.05) is 23.4 Å². The molecule has 0 aromatic heterocycles. The molecule has 2 aromatic carbocycles. The topological polar surface area (TPSA) is 97.9 Å². The van der Waals surface area contributed by atoms with Crippen molar-refractivity contribution in [2.45, 2.75) is 12.5 Å². The number of hydrogen-bond donors (Lipinski definition) is 0. The summed E-state index contributed by atoms with van der Waals surface area (Å²) in [5, 5.41) is 0.389. The van der Waals surface area contributed by atoms with E-state index in [0.717, 1.165) is 33.9 Å². The van der Waals surface area contributed by atoms with Crippen LogP contribution >= 0.6 is 11.6 Å². The highest BCUT2D eigenvalue weighted by Gasteiger charge is 2.38. The second-order valence-corrected chi connectivity index (χ2v) is 9.65. The van der Waals surface area contributed by atoms with E-state index in [9.17, 15) is 14.4 Å². The molecule has 3 aliphatic heterocycles. The molecule has 0 N–H and O–H groups in total. The molecule has 0 spiro atoms. The predicted molar refractivity (Wildman–Crippen MR) is 142 cm³/mol. The predicted octanol–water partition coefficient (Wildman–Crippen LogP) is 3.12. The van der Waals surface area contributed by atoms with Crippen molar-refractivity contribution in [1.82, 2.24) is 14.7 Å². The zero-order valence-corrected chi connectivity index (χ0v) is 22.6. The fourth-order valence-electron chi connectivity index (χ4n) is 4.76. The first-order valence-electron chi connectivity index (χ1n) is 12.1. The third-order valence-corrected chi connectivity index (χ3v) is 7.09. The molecule has 202 valence electrons. The molecule has 0 unspecified atom stereocenters. The van der Waals surface area contributed by atoms with Gasteiger partial charge < -0.3 is 18.9 Å². The molecule has 2 aromatic rings. The fraction of sp³-hybridized carbons (Fsp3) is 0.321. The second kappa shape index (κ2) is 10.5. The van der Waals surface area contributed by atoms with Crippen LogP contribution in [0.1, 0.15) is 22.7 Å². The number of carbonyl (C=O) groups is 3. The lowest BCUT2D eigenvalue weighted by molar-refractivity contribution is -0.134. The maximum atomic E-state index is 12.6. The molecule has 1 atom stereocenters. The van der Waals surface area contributed by atoms with E-state index in [1.165, 1.54) is 20.2 Å². The van der Waals surface area contributed by atoms with Crippen molar-refractivity contribution < 1.29 is 33.3 Å². The number of fused-ring (bicyclic) bond motifs is 2. The smallest absolute Gasteiger partial charge is 0.333 e. The number of hydrogen-bond acceptors (Lipinski definition) is 8. The van der Waals surface area contributed by atoms with E-state index in [-0.39, 0.29) is 25.0 Å². The van der Waals surface area contributed by atoms with Gasteiger partial charge in [0.2, 0.25) is 12.5 Å². The van der Waals surface area contributed by atoms with Gasteiger partial charge in [-0.25, -0.2) is 4.79 Å². The van der Waals surface area contributed by atoms with Gasteiger partial charge in [0.15, 0.2) is 11.5 Å². The number of methoxy groups -OCH3 is 1. The highest BCUT2D eigenvalue weighted by molar-refractivity contribution is 6.32. The summed E-state index contributed by atoms with van der Waals surface area (Å²) in [4.78, 5) is 41.2. The van der Waals surface area contributed by atoms with Crippen LogP contribution in [0.4, 0.5) is 4.79 Å². The van der Waals surface area contributed by atoms with Gasteiger partial charge in [-0.3, -0.25) is 24.3 Å². The Kier molecular flexibility index (Phi) is 7.12. The van der Waals surface area contributed by atoms with Crippen LogP contribution in [0.25, 0.3) is 6.08 Å². The molecule has 39 heavy (non-hydrogen) atoms. The van der Waals surface area contributed by atoms with Gasteiger partial charge in [0, 0.05) is 36.8 Å². The first-order valence-corrected chi connectivity index (χ1v) is 12.5. The van der Waals surface area contributed by atoms with Crippen LogP contribution in [-0.2, 0) is 16.0 Å². The van der Waals surface area contributed by atoms with Gasteiger partial charge in [0.25, 0.3) is 11.8 Å². The molecular formula is C28H26ClN3O7. The maximum absolute atomic E-state index is 12.6. The van der Waals surface area contributed by atoms with Gasteiger partial charge in [0.1, 0.15) is 24.0 Å². The van der Waals surface area contributed by atoms with E-state index in [4.69, 9.17) is 30.5 Å². The zero-order chi connectivity index (χ0) is 27.8. The van der Waals surface area contributed by atoms with Gasteiger partial charge in [0.05, 0.1) is 7.11 Å². The molecule has 1 fully saturated rings. The normalized spacial score (nSPS) is 18.5. The molecule has 5 rings (SSSR count). The van der Waals surface area contributed by atoms with Crippen molar-refractivity contribution >= 4 is 35.5 Å². The number of carbonyl (C=O) groups excluding carboxylic acids is 3. The fourth-order valence-corrected chi connectivity index (χ4v) is 4.94. The van der Waals surface area contributed by atoms with Crippen LogP contribution in [0, 0.1) is 11.8 Å². The van der Waals surface area contributed by atoms with Crippen molar-refractivity contribution in [3.63, 3.8) is 0 Å². The Labute approximate surface area is 230 Å². The van der Waals surface area contributed by atoms with Gasteiger partial charge in [-0.2, -0.15) is 0 Å². The van der Waals surface area contributed by atoms with Crippen LogP contribution in [0.15, 0.2) is 29.8 Å². The maximum Gasteiger partial charge on any atom is 0.333 e. The number of nitrogens with zero attached hydrogens (tertiary/aromatic N) is 3. The Bertz CT molecular complexity index is 1450. The molecule has 3 aliphatic rings. The Hall–Kier alpha value is -4.20. The van der Waals surface area contributed by atoms with Gasteiger partial charge >= 0.3 is 6.03 Å². The summed E-state index contributed by atoms with van der Waals surface area (Å²) in [6, 6.07) is 5.88. The van der Waals surface area contributed by atoms with E-state index < -0.39 is 17.8 Å². The summed E-state index contributed by atoms with van der Waals surface area (Å²) in [7, 11) is 6.22. The minimum absolute atomic E-state index is 0.0323. The molecule has 0 aliphatic carbocycles. The lowest BCUT2D eigenvalue weighted by Gasteiger charge is -2.32. The number of amides is 4. The minimum atomic E-state index is -0.706. The number of imide groups is 2. The Morgan fingerprint density at radius 2 is 1.85 bits per heavy atom. The zero-order valence-electron chi connectivity index (χ0n) is 21.9. The number of likely N-dealkylation sites (N-methyl/N-ethyl adjacent to an activating group) is 3. The quantitative estimate of drug-likeness (QED) is 0.325. The Morgan fingerprint density at radius 1 is 1.10 bits per heavy atom. The van der Waals surface area contributed by atoms with E-state index >= 15 is 0 Å². The van der Waals surface area contributed by atoms with Crippen molar-refractivity contribution in [3.05, 3.63) is 51.6 Å². The van der Waals surface area contributed by atoms with Crippen molar-refractivity contribution in [2.24, 2.45) is 0 Å². The average Bonchev–Trinajstić information content (AvgIpc) is 3.40. The SMILES string of the molecule is COc1c2c(cc3c1[C@@H](C#CCOc1ccc(Cl)cc1C=C1C(=O)N(C)C(=O)N(C)C1=O)N(C)CC3)OCO2. The average molecular weight is 552 g/mol. The second-order valence-electron chi connectivity index (χ2n) is 9.21. The van der Waals surface area contributed by atoms with Gasteiger partial charge in [-0.15, -0.1) is 0 Å². The van der Waals surface area contributed by atoms with Crippen LogP contribution in [0.5, 0.6) is 23.0 Å². The van der Waals surface area contributed by atoms with Crippen LogP contribution < -0.4 is 18.9 Å². The third kappa shape index (κ3) is 4.75. The largest absolute Gasteiger partial charge is 0.492 e. The molecule has 0 saturated carbocycles. The molecule has 1 saturated heterocycles. The molecule has 0 radical (unpaired) electrons. The summed E-state index contributed by atoms with van der Waals surface area (Å²) < 4.78 is 22.9. The number of halogens is 1. The number of rotatable bonds is 4. The van der Waals surface area contributed by atoms with Crippen molar-refractivity contribution in [1.29, 1.82) is 0 Å². The lowest BCUT2D eigenvalue weighted by atomic mass is 9.91. The summed E-state index contributed by atoms with van der Waals surface area (Å²) in [5.41, 5.74) is 2.27. The molecule has 3 heterocycles. The Morgan fingerprint density at radius 3 is 2.56 bits per heavy atom. The van der Waals surface area contributed by atoms with Crippen LogP contribution in [0.2, 0.25) is 5.02 Å². The van der Waals surface area contributed by atoms with E-state index in [0.29, 0.717) is 33.6 Å². The summed E-state index contributed by atoms with van der Waals surface area (Å²) in [6.45, 7) is 0.983. The van der Waals surface area contributed by atoms with Crippen molar-refractivity contribution in [3.8, 4) is 34.8 Å². The van der Waals surface area contributed by atoms with Crippen LogP contribution in [-0.4, -0.2) is 80.7 Å². The molecular weight excluding hydrogens is 526 g/mol.